The molecule has 0 heterocycles. The molecule has 13 heavy (non-hydrogen) atoms. The van der Waals surface area contributed by atoms with Crippen LogP contribution in [0.2, 0.25) is 19.6 Å². The molecule has 1 heteroatoms. The molecule has 0 aliphatic heterocycles. The summed E-state index contributed by atoms with van der Waals surface area (Å²) >= 11 is 0. The predicted octanol–water partition coefficient (Wildman–Crippen LogP) is 4.56. The molecular formula is C12H24Si. The molecule has 0 amide bonds. The largest absolute Gasteiger partial charge is 0.103 e. The topological polar surface area (TPSA) is 0 Å². The van der Waals surface area contributed by atoms with Gasteiger partial charge in [-0.3, -0.25) is 0 Å². The van der Waals surface area contributed by atoms with Gasteiger partial charge in [0.1, 0.15) is 0 Å². The van der Waals surface area contributed by atoms with Gasteiger partial charge >= 0.3 is 0 Å². The van der Waals surface area contributed by atoms with E-state index in [0.717, 1.165) is 6.42 Å². The van der Waals surface area contributed by atoms with Crippen LogP contribution in [0.25, 0.3) is 0 Å². The fourth-order valence-corrected chi connectivity index (χ4v) is 3.01. The molecule has 0 aromatic heterocycles. The van der Waals surface area contributed by atoms with Crippen molar-refractivity contribution in [1.29, 1.82) is 0 Å². The van der Waals surface area contributed by atoms with Crippen molar-refractivity contribution in [1.82, 2.24) is 0 Å². The van der Waals surface area contributed by atoms with E-state index in [1.807, 2.05) is 6.08 Å². The van der Waals surface area contributed by atoms with Gasteiger partial charge < -0.3 is 0 Å². The zero-order valence-electron chi connectivity index (χ0n) is 9.69. The minimum Gasteiger partial charge on any atom is -0.103 e. The molecule has 0 aromatic carbocycles. The van der Waals surface area contributed by atoms with Gasteiger partial charge in [0, 0.05) is 0 Å². The van der Waals surface area contributed by atoms with Crippen LogP contribution < -0.4 is 0 Å². The van der Waals surface area contributed by atoms with Gasteiger partial charge in [-0.15, -0.1) is 6.58 Å². The zero-order valence-corrected chi connectivity index (χ0v) is 10.7. The van der Waals surface area contributed by atoms with Crippen LogP contribution in [0.3, 0.4) is 0 Å². The SMILES string of the molecule is C=CCCC/C(=C\[Si](C)(C)C)CC. The van der Waals surface area contributed by atoms with Crippen molar-refractivity contribution in [3.8, 4) is 0 Å². The van der Waals surface area contributed by atoms with Crippen LogP contribution in [0.15, 0.2) is 23.9 Å². The van der Waals surface area contributed by atoms with Crippen molar-refractivity contribution < 1.29 is 0 Å². The molecule has 76 valence electrons. The summed E-state index contributed by atoms with van der Waals surface area (Å²) in [5, 5.41) is 0. The molecule has 0 aliphatic carbocycles. The van der Waals surface area contributed by atoms with Crippen LogP contribution in [-0.4, -0.2) is 8.07 Å². The summed E-state index contributed by atoms with van der Waals surface area (Å²) < 4.78 is 0. The van der Waals surface area contributed by atoms with E-state index in [1.54, 1.807) is 5.57 Å². The standard InChI is InChI=1S/C12H24Si/c1-6-8-9-10-12(7-2)11-13(3,4)5/h6,11H,1,7-10H2,2-5H3/b12-11-. The maximum absolute atomic E-state index is 3.75. The Morgan fingerprint density at radius 2 is 1.92 bits per heavy atom. The molecule has 0 saturated heterocycles. The number of rotatable bonds is 6. The van der Waals surface area contributed by atoms with E-state index >= 15 is 0 Å². The predicted molar refractivity (Wildman–Crippen MR) is 65.8 cm³/mol. The lowest BCUT2D eigenvalue weighted by atomic mass is 10.1. The van der Waals surface area contributed by atoms with Gasteiger partial charge in [-0.25, -0.2) is 0 Å². The Kier molecular flexibility index (Phi) is 6.05. The third-order valence-electron chi connectivity index (χ3n) is 2.00. The molecule has 0 atom stereocenters. The highest BCUT2D eigenvalue weighted by atomic mass is 28.3. The Morgan fingerprint density at radius 3 is 2.31 bits per heavy atom. The van der Waals surface area contributed by atoms with E-state index in [2.05, 4.69) is 38.8 Å². The van der Waals surface area contributed by atoms with Crippen LogP contribution in [0.4, 0.5) is 0 Å². The molecule has 0 bridgehead atoms. The maximum Gasteiger partial charge on any atom is 0.0686 e. The third kappa shape index (κ3) is 8.04. The molecule has 0 aromatic rings. The summed E-state index contributed by atoms with van der Waals surface area (Å²) in [7, 11) is -0.989. The van der Waals surface area contributed by atoms with Crippen LogP contribution in [0.5, 0.6) is 0 Å². The highest BCUT2D eigenvalue weighted by Crippen LogP contribution is 2.15. The zero-order chi connectivity index (χ0) is 10.3. The van der Waals surface area contributed by atoms with Crippen molar-refractivity contribution in [3.05, 3.63) is 23.9 Å². The highest BCUT2D eigenvalue weighted by molar-refractivity contribution is 6.81. The summed E-state index contributed by atoms with van der Waals surface area (Å²) in [6, 6.07) is 0. The van der Waals surface area contributed by atoms with Gasteiger partial charge in [0.05, 0.1) is 8.07 Å². The van der Waals surface area contributed by atoms with Crippen molar-refractivity contribution in [3.63, 3.8) is 0 Å². The van der Waals surface area contributed by atoms with Crippen molar-refractivity contribution >= 4 is 8.07 Å². The van der Waals surface area contributed by atoms with Gasteiger partial charge in [0.25, 0.3) is 0 Å². The number of allylic oxidation sites excluding steroid dienone is 2. The molecule has 0 nitrogen and oxygen atoms in total. The quantitative estimate of drug-likeness (QED) is 0.332. The fourth-order valence-electron chi connectivity index (χ4n) is 1.44. The van der Waals surface area contributed by atoms with Crippen LogP contribution in [0, 0.1) is 0 Å². The first kappa shape index (κ1) is 12.7. The molecule has 0 spiro atoms. The Labute approximate surface area is 84.8 Å². The minimum absolute atomic E-state index is 0.989. The Balaban J connectivity index is 4.02. The Hall–Kier alpha value is -0.303. The average molecular weight is 196 g/mol. The van der Waals surface area contributed by atoms with Crippen molar-refractivity contribution in [2.24, 2.45) is 0 Å². The smallest absolute Gasteiger partial charge is 0.0686 e. The average Bonchev–Trinajstić information content (AvgIpc) is 2.01. The lowest BCUT2D eigenvalue weighted by molar-refractivity contribution is 0.805. The van der Waals surface area contributed by atoms with Crippen LogP contribution in [0.1, 0.15) is 32.6 Å². The van der Waals surface area contributed by atoms with Gasteiger partial charge in [-0.2, -0.15) is 0 Å². The van der Waals surface area contributed by atoms with Gasteiger partial charge in [-0.05, 0) is 25.7 Å². The molecule has 0 N–H and O–H groups in total. The third-order valence-corrected chi connectivity index (χ3v) is 3.27. The second-order valence-electron chi connectivity index (χ2n) is 4.70. The molecule has 0 radical (unpaired) electrons. The highest BCUT2D eigenvalue weighted by Gasteiger charge is 2.09. The molecule has 0 saturated carbocycles. The van der Waals surface area contributed by atoms with E-state index in [1.165, 1.54) is 19.3 Å². The summed E-state index contributed by atoms with van der Waals surface area (Å²) in [6.45, 7) is 13.2. The van der Waals surface area contributed by atoms with E-state index in [-0.39, 0.29) is 0 Å². The molecule has 0 rings (SSSR count). The van der Waals surface area contributed by atoms with E-state index < -0.39 is 8.07 Å². The van der Waals surface area contributed by atoms with E-state index in [4.69, 9.17) is 0 Å². The molecule has 0 unspecified atom stereocenters. The second kappa shape index (κ2) is 6.20. The Bertz CT molecular complexity index is 172. The first-order valence-electron chi connectivity index (χ1n) is 5.31. The molecular weight excluding hydrogens is 172 g/mol. The Morgan fingerprint density at radius 1 is 1.31 bits per heavy atom. The van der Waals surface area contributed by atoms with E-state index in [9.17, 15) is 0 Å². The van der Waals surface area contributed by atoms with Gasteiger partial charge in [0.15, 0.2) is 0 Å². The lowest BCUT2D eigenvalue weighted by Gasteiger charge is -2.13. The lowest BCUT2D eigenvalue weighted by Crippen LogP contribution is -2.16. The van der Waals surface area contributed by atoms with Gasteiger partial charge in [0.2, 0.25) is 0 Å². The van der Waals surface area contributed by atoms with E-state index in [0.29, 0.717) is 0 Å². The fraction of sp³-hybridized carbons (Fsp3) is 0.667. The second-order valence-corrected chi connectivity index (χ2v) is 9.72. The van der Waals surface area contributed by atoms with Crippen molar-refractivity contribution in [2.75, 3.05) is 0 Å². The molecule has 0 fully saturated rings. The van der Waals surface area contributed by atoms with Gasteiger partial charge in [-0.1, -0.05) is 43.9 Å². The summed E-state index contributed by atoms with van der Waals surface area (Å²) in [5.74, 6) is 0. The number of hydrogen-bond acceptors (Lipinski definition) is 0. The maximum atomic E-state index is 3.75. The summed E-state index contributed by atoms with van der Waals surface area (Å²) in [5.41, 5.74) is 4.21. The number of unbranched alkanes of at least 4 members (excludes halogenated alkanes) is 1. The summed E-state index contributed by atoms with van der Waals surface area (Å²) in [4.78, 5) is 0. The number of hydrogen-bond donors (Lipinski definition) is 0. The first-order chi connectivity index (χ1) is 5.99. The van der Waals surface area contributed by atoms with Crippen LogP contribution >= 0.6 is 0 Å². The first-order valence-corrected chi connectivity index (χ1v) is 8.89. The monoisotopic (exact) mass is 196 g/mol. The minimum atomic E-state index is -0.989. The normalized spacial score (nSPS) is 13.1. The van der Waals surface area contributed by atoms with Crippen molar-refractivity contribution in [2.45, 2.75) is 52.2 Å². The summed E-state index contributed by atoms with van der Waals surface area (Å²) in [6.07, 6.45) is 6.94. The van der Waals surface area contributed by atoms with Crippen LogP contribution in [-0.2, 0) is 0 Å². The molecule has 0 aliphatic rings.